The normalized spacial score (nSPS) is 21.1. The Bertz CT molecular complexity index is 1350. The fraction of sp³-hybridized carbons (Fsp3) is 0.370. The number of nitrogens with zero attached hydrogens (tertiary/aromatic N) is 3. The second kappa shape index (κ2) is 9.55. The maximum Gasteiger partial charge on any atom is 0.265 e. The Labute approximate surface area is 213 Å². The van der Waals surface area contributed by atoms with E-state index in [2.05, 4.69) is 16.3 Å². The van der Waals surface area contributed by atoms with Gasteiger partial charge < -0.3 is 24.4 Å². The minimum absolute atomic E-state index is 0.0553. The van der Waals surface area contributed by atoms with E-state index >= 15 is 0 Å². The number of aromatic nitrogens is 1. The quantitative estimate of drug-likeness (QED) is 0.590. The molecule has 0 saturated carbocycles. The number of rotatable bonds is 4. The number of hydrogen-bond acceptors (Lipinski definition) is 6. The smallest absolute Gasteiger partial charge is 0.265 e. The number of benzene rings is 1. The maximum absolute atomic E-state index is 13.2. The second-order valence-corrected chi connectivity index (χ2v) is 10.6. The van der Waals surface area contributed by atoms with Crippen LogP contribution < -0.4 is 15.8 Å². The molecule has 6 rings (SSSR count). The Hall–Kier alpha value is -3.43. The molecular formula is C27H28N4O4S. The Morgan fingerprint density at radius 3 is 2.67 bits per heavy atom. The van der Waals surface area contributed by atoms with Gasteiger partial charge in [-0.05, 0) is 48.1 Å². The minimum atomic E-state index is -0.184. The first kappa shape index (κ1) is 23.0. The number of carbonyl (C=O) groups is 2. The van der Waals surface area contributed by atoms with Crippen molar-refractivity contribution >= 4 is 34.5 Å². The monoisotopic (exact) mass is 504 g/mol. The van der Waals surface area contributed by atoms with Crippen molar-refractivity contribution in [2.75, 3.05) is 49.6 Å². The summed E-state index contributed by atoms with van der Waals surface area (Å²) in [5, 5.41) is 4.96. The van der Waals surface area contributed by atoms with Crippen LogP contribution in [0.4, 0.5) is 11.4 Å². The lowest BCUT2D eigenvalue weighted by Crippen LogP contribution is -2.47. The van der Waals surface area contributed by atoms with Crippen molar-refractivity contribution in [2.24, 2.45) is 5.92 Å². The molecule has 0 aliphatic carbocycles. The molecule has 2 amide bonds. The molecule has 2 aromatic heterocycles. The highest BCUT2D eigenvalue weighted by atomic mass is 32.1. The predicted molar refractivity (Wildman–Crippen MR) is 139 cm³/mol. The molecular weight excluding hydrogens is 476 g/mol. The third kappa shape index (κ3) is 4.33. The molecule has 3 aliphatic rings. The van der Waals surface area contributed by atoms with Gasteiger partial charge in [0.25, 0.3) is 17.4 Å². The third-order valence-corrected chi connectivity index (χ3v) is 8.22. The number of ether oxygens (including phenoxy) is 1. The van der Waals surface area contributed by atoms with Crippen LogP contribution in [0.1, 0.15) is 38.1 Å². The highest BCUT2D eigenvalue weighted by Gasteiger charge is 2.35. The van der Waals surface area contributed by atoms with Gasteiger partial charge in [-0.15, -0.1) is 11.3 Å². The molecule has 2 saturated heterocycles. The van der Waals surface area contributed by atoms with Crippen LogP contribution in [-0.2, 0) is 11.3 Å². The Morgan fingerprint density at radius 1 is 1.00 bits per heavy atom. The highest BCUT2D eigenvalue weighted by molar-refractivity contribution is 7.12. The van der Waals surface area contributed by atoms with Gasteiger partial charge in [0.1, 0.15) is 0 Å². The number of fused-ring (bicyclic) bond motifs is 4. The fourth-order valence-electron chi connectivity index (χ4n) is 5.68. The average molecular weight is 505 g/mol. The molecule has 3 aliphatic heterocycles. The summed E-state index contributed by atoms with van der Waals surface area (Å²) < 4.78 is 7.31. The van der Waals surface area contributed by atoms with Gasteiger partial charge in [0, 0.05) is 56.0 Å². The molecule has 2 bridgehead atoms. The summed E-state index contributed by atoms with van der Waals surface area (Å²) in [6, 6.07) is 14.8. The molecule has 186 valence electrons. The number of piperidine rings is 1. The van der Waals surface area contributed by atoms with Gasteiger partial charge in [-0.1, -0.05) is 12.1 Å². The molecule has 0 radical (unpaired) electrons. The summed E-state index contributed by atoms with van der Waals surface area (Å²) in [4.78, 5) is 43.4. The van der Waals surface area contributed by atoms with E-state index in [0.29, 0.717) is 54.9 Å². The van der Waals surface area contributed by atoms with E-state index in [-0.39, 0.29) is 23.3 Å². The van der Waals surface area contributed by atoms with Crippen LogP contribution in [0.5, 0.6) is 0 Å². The average Bonchev–Trinajstić information content (AvgIpc) is 3.45. The lowest BCUT2D eigenvalue weighted by atomic mass is 9.83. The number of thiophene rings is 1. The summed E-state index contributed by atoms with van der Waals surface area (Å²) in [5.41, 5.74) is 3.23. The topological polar surface area (TPSA) is 83.9 Å². The minimum Gasteiger partial charge on any atom is -0.378 e. The molecule has 8 nitrogen and oxygen atoms in total. The van der Waals surface area contributed by atoms with Crippen LogP contribution in [0.2, 0.25) is 0 Å². The number of amides is 2. The van der Waals surface area contributed by atoms with Crippen molar-refractivity contribution in [2.45, 2.75) is 18.9 Å². The molecule has 2 fully saturated rings. The van der Waals surface area contributed by atoms with E-state index in [1.807, 2.05) is 40.3 Å². The van der Waals surface area contributed by atoms with Crippen molar-refractivity contribution < 1.29 is 14.3 Å². The lowest BCUT2D eigenvalue weighted by molar-refractivity contribution is 0.0303. The first-order chi connectivity index (χ1) is 17.6. The van der Waals surface area contributed by atoms with E-state index in [1.54, 1.807) is 17.0 Å². The van der Waals surface area contributed by atoms with Gasteiger partial charge in [-0.3, -0.25) is 14.4 Å². The number of nitrogens with one attached hydrogen (secondary N) is 1. The van der Waals surface area contributed by atoms with E-state index in [9.17, 15) is 14.4 Å². The predicted octanol–water partition coefficient (Wildman–Crippen LogP) is 3.26. The van der Waals surface area contributed by atoms with Crippen LogP contribution in [0, 0.1) is 5.92 Å². The standard InChI is InChI=1S/C27H28N4O4S/c32-25-5-1-3-22-20-13-18(16-31(22)25)15-30(17-20)23-7-6-19(27(34)29-8-10-35-11-9-29)14-21(23)28-26(33)24-4-2-12-36-24/h1-7,12,14,18,20H,8-11,13,15-17H2,(H,28,33). The highest BCUT2D eigenvalue weighted by Crippen LogP contribution is 2.39. The molecule has 1 N–H and O–H groups in total. The van der Waals surface area contributed by atoms with Crippen molar-refractivity contribution in [3.8, 4) is 0 Å². The second-order valence-electron chi connectivity index (χ2n) is 9.67. The number of morpholine rings is 1. The van der Waals surface area contributed by atoms with Crippen LogP contribution in [0.15, 0.2) is 58.7 Å². The van der Waals surface area contributed by atoms with Crippen molar-refractivity contribution in [1.82, 2.24) is 9.47 Å². The summed E-state index contributed by atoms with van der Waals surface area (Å²) in [5.74, 6) is 0.338. The third-order valence-electron chi connectivity index (χ3n) is 7.36. The number of pyridine rings is 1. The zero-order valence-corrected chi connectivity index (χ0v) is 20.7. The van der Waals surface area contributed by atoms with E-state index in [1.165, 1.54) is 11.3 Å². The van der Waals surface area contributed by atoms with E-state index in [4.69, 9.17) is 4.74 Å². The molecule has 2 unspecified atom stereocenters. The van der Waals surface area contributed by atoms with Gasteiger partial charge in [-0.2, -0.15) is 0 Å². The maximum atomic E-state index is 13.2. The zero-order valence-electron chi connectivity index (χ0n) is 19.9. The van der Waals surface area contributed by atoms with Crippen molar-refractivity contribution in [3.05, 3.63) is 80.4 Å². The molecule has 2 atom stereocenters. The molecule has 9 heteroatoms. The first-order valence-electron chi connectivity index (χ1n) is 12.4. The number of hydrogen-bond donors (Lipinski definition) is 1. The summed E-state index contributed by atoms with van der Waals surface area (Å²) in [7, 11) is 0. The SMILES string of the molecule is O=C(Nc1cc(C(=O)N2CCOCC2)ccc1N1CC2CC(C1)c1cccc(=O)n1C2)c1cccs1. The molecule has 0 spiro atoms. The Morgan fingerprint density at radius 2 is 1.86 bits per heavy atom. The zero-order chi connectivity index (χ0) is 24.6. The number of anilines is 2. The Balaban J connectivity index is 1.33. The van der Waals surface area contributed by atoms with Gasteiger partial charge in [0.05, 0.1) is 29.5 Å². The summed E-state index contributed by atoms with van der Waals surface area (Å²) >= 11 is 1.39. The summed E-state index contributed by atoms with van der Waals surface area (Å²) in [6.07, 6.45) is 1.05. The first-order valence-corrected chi connectivity index (χ1v) is 13.3. The Kier molecular flexibility index (Phi) is 6.10. The lowest BCUT2D eigenvalue weighted by Gasteiger charge is -2.44. The van der Waals surface area contributed by atoms with Crippen LogP contribution in [0.25, 0.3) is 0 Å². The molecule has 36 heavy (non-hydrogen) atoms. The molecule has 3 aromatic rings. The molecule has 5 heterocycles. The summed E-state index contributed by atoms with van der Waals surface area (Å²) in [6.45, 7) is 4.43. The van der Waals surface area contributed by atoms with Crippen molar-refractivity contribution in [1.29, 1.82) is 0 Å². The van der Waals surface area contributed by atoms with Crippen LogP contribution in [-0.4, -0.2) is 60.7 Å². The van der Waals surface area contributed by atoms with E-state index < -0.39 is 0 Å². The van der Waals surface area contributed by atoms with Gasteiger partial charge >= 0.3 is 0 Å². The van der Waals surface area contributed by atoms with Crippen LogP contribution >= 0.6 is 11.3 Å². The van der Waals surface area contributed by atoms with Gasteiger partial charge in [-0.25, -0.2) is 0 Å². The molecule has 1 aromatic carbocycles. The number of carbonyl (C=O) groups excluding carboxylic acids is 2. The van der Waals surface area contributed by atoms with Crippen molar-refractivity contribution in [3.63, 3.8) is 0 Å². The van der Waals surface area contributed by atoms with E-state index in [0.717, 1.165) is 30.9 Å². The largest absolute Gasteiger partial charge is 0.378 e. The van der Waals surface area contributed by atoms with Gasteiger partial charge in [0.2, 0.25) is 0 Å². The van der Waals surface area contributed by atoms with Gasteiger partial charge in [0.15, 0.2) is 0 Å². The van der Waals surface area contributed by atoms with Crippen LogP contribution in [0.3, 0.4) is 0 Å². The fourth-order valence-corrected chi connectivity index (χ4v) is 6.30.